The summed E-state index contributed by atoms with van der Waals surface area (Å²) >= 11 is 0. The quantitative estimate of drug-likeness (QED) is 0.382. The van der Waals surface area contributed by atoms with E-state index in [2.05, 4.69) is 20.4 Å². The van der Waals surface area contributed by atoms with Gasteiger partial charge in [-0.3, -0.25) is 4.99 Å². The van der Waals surface area contributed by atoms with Crippen LogP contribution in [0.25, 0.3) is 0 Å². The summed E-state index contributed by atoms with van der Waals surface area (Å²) in [5.74, 6) is 0.919. The normalized spacial score (nSPS) is 12.5. The smallest absolute Gasteiger partial charge is 0.387 e. The molecule has 0 spiro atoms. The van der Waals surface area contributed by atoms with E-state index >= 15 is 0 Å². The van der Waals surface area contributed by atoms with E-state index < -0.39 is 6.61 Å². The molecule has 2 rings (SSSR count). The molecular formula is C22H29F2N3O3. The number of hydrogen-bond acceptors (Lipinski definition) is 4. The van der Waals surface area contributed by atoms with Crippen LogP contribution >= 0.6 is 0 Å². The summed E-state index contributed by atoms with van der Waals surface area (Å²) in [4.78, 5) is 4.15. The number of alkyl halides is 2. The van der Waals surface area contributed by atoms with Gasteiger partial charge in [0.15, 0.2) is 5.96 Å². The molecule has 0 aliphatic rings. The molecule has 0 bridgehead atoms. The fourth-order valence-corrected chi connectivity index (χ4v) is 2.83. The fraction of sp³-hybridized carbons (Fsp3) is 0.409. The van der Waals surface area contributed by atoms with Crippen molar-refractivity contribution in [3.8, 4) is 11.5 Å². The number of rotatable bonds is 11. The van der Waals surface area contributed by atoms with Crippen LogP contribution in [0.2, 0.25) is 0 Å². The highest BCUT2D eigenvalue weighted by Gasteiger charge is 2.14. The zero-order valence-electron chi connectivity index (χ0n) is 17.3. The van der Waals surface area contributed by atoms with Crippen LogP contribution in [-0.2, 0) is 6.54 Å². The number of nitrogens with zero attached hydrogens (tertiary/aromatic N) is 1. The molecular weight excluding hydrogens is 392 g/mol. The number of hydrogen-bond donors (Lipinski definition) is 3. The van der Waals surface area contributed by atoms with Crippen molar-refractivity contribution >= 4 is 5.96 Å². The molecule has 2 aromatic carbocycles. The molecule has 164 valence electrons. The van der Waals surface area contributed by atoms with Gasteiger partial charge in [0.25, 0.3) is 0 Å². The lowest BCUT2D eigenvalue weighted by Crippen LogP contribution is -2.39. The Balaban J connectivity index is 1.99. The lowest BCUT2D eigenvalue weighted by molar-refractivity contribution is -0.0505. The Morgan fingerprint density at radius 2 is 1.90 bits per heavy atom. The topological polar surface area (TPSA) is 75.1 Å². The summed E-state index contributed by atoms with van der Waals surface area (Å²) < 4.78 is 35.8. The van der Waals surface area contributed by atoms with Gasteiger partial charge < -0.3 is 25.2 Å². The molecule has 0 aliphatic heterocycles. The van der Waals surface area contributed by atoms with Crippen LogP contribution in [-0.4, -0.2) is 44.5 Å². The van der Waals surface area contributed by atoms with Gasteiger partial charge in [-0.05, 0) is 24.1 Å². The van der Waals surface area contributed by atoms with E-state index in [1.54, 1.807) is 19.2 Å². The first-order chi connectivity index (χ1) is 14.6. The summed E-state index contributed by atoms with van der Waals surface area (Å²) in [5.41, 5.74) is 1.56. The van der Waals surface area contributed by atoms with Gasteiger partial charge in [-0.1, -0.05) is 37.3 Å². The highest BCUT2D eigenvalue weighted by molar-refractivity contribution is 5.79. The van der Waals surface area contributed by atoms with Crippen LogP contribution in [0, 0.1) is 0 Å². The molecule has 0 saturated heterocycles. The van der Waals surface area contributed by atoms with E-state index in [1.165, 1.54) is 6.07 Å². The Bertz CT molecular complexity index is 788. The van der Waals surface area contributed by atoms with Crippen LogP contribution in [0.5, 0.6) is 11.5 Å². The maximum atomic E-state index is 12.8. The summed E-state index contributed by atoms with van der Waals surface area (Å²) in [7, 11) is 1.62. The second-order valence-electron chi connectivity index (χ2n) is 6.59. The monoisotopic (exact) mass is 421 g/mol. The molecule has 8 heteroatoms. The Morgan fingerprint density at radius 1 is 1.13 bits per heavy atom. The molecule has 3 N–H and O–H groups in total. The molecule has 1 unspecified atom stereocenters. The first kappa shape index (κ1) is 23.4. The standard InChI is InChI=1S/C22H29F2N3O3/c1-3-11-29-19-10-9-17(20(12-19)30-21(23)24)13-26-22(25-2)27-14-18(15-28)16-7-5-4-6-8-16/h4-10,12,18,21,28H,3,11,13-15H2,1-2H3,(H2,25,26,27). The number of ether oxygens (including phenoxy) is 2. The summed E-state index contributed by atoms with van der Waals surface area (Å²) in [6.45, 7) is 0.204. The summed E-state index contributed by atoms with van der Waals surface area (Å²) in [5, 5.41) is 15.9. The average molecular weight is 421 g/mol. The number of aliphatic hydroxyl groups excluding tert-OH is 1. The molecule has 30 heavy (non-hydrogen) atoms. The maximum Gasteiger partial charge on any atom is 0.387 e. The largest absolute Gasteiger partial charge is 0.493 e. The number of halogens is 2. The molecule has 0 heterocycles. The van der Waals surface area contributed by atoms with E-state index in [0.717, 1.165) is 12.0 Å². The molecule has 0 aliphatic carbocycles. The molecule has 0 amide bonds. The number of guanidine groups is 1. The second-order valence-corrected chi connectivity index (χ2v) is 6.59. The molecule has 1 atom stereocenters. The Labute approximate surface area is 175 Å². The molecule has 0 radical (unpaired) electrons. The zero-order chi connectivity index (χ0) is 21.8. The van der Waals surface area contributed by atoms with Crippen LogP contribution in [0.4, 0.5) is 8.78 Å². The van der Waals surface area contributed by atoms with Crippen molar-refractivity contribution in [1.82, 2.24) is 10.6 Å². The van der Waals surface area contributed by atoms with E-state index in [0.29, 0.717) is 30.4 Å². The Kier molecular flexibility index (Phi) is 9.86. The van der Waals surface area contributed by atoms with Crippen LogP contribution < -0.4 is 20.1 Å². The number of aliphatic imine (C=N–C) groups is 1. The first-order valence-electron chi connectivity index (χ1n) is 9.88. The van der Waals surface area contributed by atoms with Gasteiger partial charge >= 0.3 is 6.61 Å². The third kappa shape index (κ3) is 7.51. The van der Waals surface area contributed by atoms with E-state index in [1.807, 2.05) is 37.3 Å². The maximum absolute atomic E-state index is 12.8. The van der Waals surface area contributed by atoms with Crippen molar-refractivity contribution < 1.29 is 23.4 Å². The van der Waals surface area contributed by atoms with Gasteiger partial charge in [0.05, 0.1) is 13.2 Å². The number of aliphatic hydroxyl groups is 1. The highest BCUT2D eigenvalue weighted by Crippen LogP contribution is 2.26. The highest BCUT2D eigenvalue weighted by atomic mass is 19.3. The third-order valence-corrected chi connectivity index (χ3v) is 4.40. The Morgan fingerprint density at radius 3 is 2.53 bits per heavy atom. The summed E-state index contributed by atoms with van der Waals surface area (Å²) in [6.07, 6.45) is 0.814. The predicted molar refractivity (Wildman–Crippen MR) is 113 cm³/mol. The van der Waals surface area contributed by atoms with Crippen molar-refractivity contribution in [2.24, 2.45) is 4.99 Å². The average Bonchev–Trinajstić information content (AvgIpc) is 2.76. The van der Waals surface area contributed by atoms with Crippen molar-refractivity contribution in [3.05, 3.63) is 59.7 Å². The van der Waals surface area contributed by atoms with Gasteiger partial charge in [0.1, 0.15) is 11.5 Å². The second kappa shape index (κ2) is 12.6. The minimum absolute atomic E-state index is 0.0143. The van der Waals surface area contributed by atoms with Crippen molar-refractivity contribution in [2.75, 3.05) is 26.8 Å². The SMILES string of the molecule is CCCOc1ccc(CNC(=NC)NCC(CO)c2ccccc2)c(OC(F)F)c1. The Hall–Kier alpha value is -2.87. The van der Waals surface area contributed by atoms with Gasteiger partial charge in [0, 0.05) is 37.7 Å². The van der Waals surface area contributed by atoms with Crippen LogP contribution in [0.15, 0.2) is 53.5 Å². The van der Waals surface area contributed by atoms with E-state index in [-0.39, 0.29) is 24.8 Å². The fourth-order valence-electron chi connectivity index (χ4n) is 2.83. The van der Waals surface area contributed by atoms with Gasteiger partial charge in [-0.2, -0.15) is 8.78 Å². The van der Waals surface area contributed by atoms with E-state index in [4.69, 9.17) is 4.74 Å². The van der Waals surface area contributed by atoms with Crippen LogP contribution in [0.1, 0.15) is 30.4 Å². The lowest BCUT2D eigenvalue weighted by atomic mass is 10.0. The minimum atomic E-state index is -2.93. The van der Waals surface area contributed by atoms with Crippen LogP contribution in [0.3, 0.4) is 0 Å². The summed E-state index contributed by atoms with van der Waals surface area (Å²) in [6, 6.07) is 14.5. The first-order valence-corrected chi connectivity index (χ1v) is 9.88. The lowest BCUT2D eigenvalue weighted by Gasteiger charge is -2.19. The van der Waals surface area contributed by atoms with Gasteiger partial charge in [0.2, 0.25) is 0 Å². The molecule has 6 nitrogen and oxygen atoms in total. The van der Waals surface area contributed by atoms with Gasteiger partial charge in [-0.15, -0.1) is 0 Å². The number of benzene rings is 2. The minimum Gasteiger partial charge on any atom is -0.493 e. The number of nitrogens with one attached hydrogen (secondary N) is 2. The predicted octanol–water partition coefficient (Wildman–Crippen LogP) is 3.52. The zero-order valence-corrected chi connectivity index (χ0v) is 17.3. The van der Waals surface area contributed by atoms with Crippen molar-refractivity contribution in [2.45, 2.75) is 32.4 Å². The molecule has 2 aromatic rings. The molecule has 0 saturated carbocycles. The third-order valence-electron chi connectivity index (χ3n) is 4.40. The molecule has 0 aromatic heterocycles. The van der Waals surface area contributed by atoms with Gasteiger partial charge in [-0.25, -0.2) is 0 Å². The molecule has 0 fully saturated rings. The van der Waals surface area contributed by atoms with Crippen molar-refractivity contribution in [3.63, 3.8) is 0 Å². The van der Waals surface area contributed by atoms with Crippen molar-refractivity contribution in [1.29, 1.82) is 0 Å². The van der Waals surface area contributed by atoms with E-state index in [9.17, 15) is 13.9 Å².